The highest BCUT2D eigenvalue weighted by Gasteiger charge is 2.07. The number of phenols is 1. The maximum Gasteiger partial charge on any atom is 0.172 e. The van der Waals surface area contributed by atoms with Gasteiger partial charge in [-0.05, 0) is 40.0 Å². The van der Waals surface area contributed by atoms with Crippen molar-refractivity contribution in [1.82, 2.24) is 0 Å². The van der Waals surface area contributed by atoms with E-state index in [1.807, 2.05) is 0 Å². The third-order valence-corrected chi connectivity index (χ3v) is 2.46. The summed E-state index contributed by atoms with van der Waals surface area (Å²) in [6, 6.07) is 3.50. The van der Waals surface area contributed by atoms with Gasteiger partial charge in [0.1, 0.15) is 6.29 Å². The van der Waals surface area contributed by atoms with Crippen LogP contribution in [-0.2, 0) is 11.2 Å². The minimum Gasteiger partial charge on any atom is -0.503 e. The molecule has 1 N–H and O–H groups in total. The lowest BCUT2D eigenvalue weighted by atomic mass is 10.1. The molecule has 0 aliphatic rings. The van der Waals surface area contributed by atoms with Crippen LogP contribution in [0.25, 0.3) is 0 Å². The van der Waals surface area contributed by atoms with Gasteiger partial charge in [-0.15, -0.1) is 0 Å². The van der Waals surface area contributed by atoms with E-state index in [-0.39, 0.29) is 5.75 Å². The average molecular weight is 259 g/mol. The van der Waals surface area contributed by atoms with E-state index < -0.39 is 0 Å². The number of methoxy groups -OCH3 is 1. The molecule has 1 aromatic carbocycles. The van der Waals surface area contributed by atoms with Crippen LogP contribution in [0.4, 0.5) is 0 Å². The number of phenolic OH excluding ortho intramolecular Hbond substituents is 1. The predicted molar refractivity (Wildman–Crippen MR) is 56.7 cm³/mol. The number of halogens is 1. The second-order valence-electron chi connectivity index (χ2n) is 2.83. The van der Waals surface area contributed by atoms with Crippen LogP contribution in [-0.4, -0.2) is 18.5 Å². The Morgan fingerprint density at radius 2 is 2.29 bits per heavy atom. The van der Waals surface area contributed by atoms with Crippen LogP contribution in [0.2, 0.25) is 0 Å². The summed E-state index contributed by atoms with van der Waals surface area (Å²) in [5, 5.41) is 9.51. The molecule has 0 aliphatic carbocycles. The van der Waals surface area contributed by atoms with Crippen molar-refractivity contribution in [2.24, 2.45) is 0 Å². The van der Waals surface area contributed by atoms with Crippen molar-refractivity contribution in [3.05, 3.63) is 22.2 Å². The molecule has 1 aromatic rings. The first-order valence-corrected chi connectivity index (χ1v) is 4.97. The molecule has 0 fully saturated rings. The zero-order valence-corrected chi connectivity index (χ0v) is 9.37. The number of aldehydes is 1. The van der Waals surface area contributed by atoms with Gasteiger partial charge in [-0.1, -0.05) is 0 Å². The van der Waals surface area contributed by atoms with E-state index in [0.29, 0.717) is 23.1 Å². The van der Waals surface area contributed by atoms with Crippen LogP contribution >= 0.6 is 15.9 Å². The molecule has 0 unspecified atom stereocenters. The molecular formula is C10H11BrO3. The average Bonchev–Trinajstić information content (AvgIpc) is 2.19. The maximum absolute atomic E-state index is 10.2. The van der Waals surface area contributed by atoms with Crippen LogP contribution in [0.5, 0.6) is 11.5 Å². The van der Waals surface area contributed by atoms with E-state index in [2.05, 4.69) is 15.9 Å². The Morgan fingerprint density at radius 1 is 1.57 bits per heavy atom. The number of hydrogen-bond donors (Lipinski definition) is 1. The number of hydrogen-bond acceptors (Lipinski definition) is 3. The topological polar surface area (TPSA) is 46.5 Å². The van der Waals surface area contributed by atoms with E-state index in [1.54, 1.807) is 12.1 Å². The van der Waals surface area contributed by atoms with Gasteiger partial charge in [-0.25, -0.2) is 0 Å². The summed E-state index contributed by atoms with van der Waals surface area (Å²) >= 11 is 3.21. The molecule has 0 saturated carbocycles. The van der Waals surface area contributed by atoms with Crippen molar-refractivity contribution in [3.63, 3.8) is 0 Å². The monoisotopic (exact) mass is 258 g/mol. The number of aromatic hydroxyl groups is 1. The van der Waals surface area contributed by atoms with Crippen molar-refractivity contribution in [1.29, 1.82) is 0 Å². The van der Waals surface area contributed by atoms with Gasteiger partial charge in [0.2, 0.25) is 0 Å². The van der Waals surface area contributed by atoms with Gasteiger partial charge in [-0.2, -0.15) is 0 Å². The summed E-state index contributed by atoms with van der Waals surface area (Å²) < 4.78 is 5.56. The maximum atomic E-state index is 10.2. The zero-order chi connectivity index (χ0) is 10.6. The van der Waals surface area contributed by atoms with E-state index in [1.165, 1.54) is 7.11 Å². The van der Waals surface area contributed by atoms with Gasteiger partial charge in [0.15, 0.2) is 11.5 Å². The summed E-state index contributed by atoms with van der Waals surface area (Å²) in [6.45, 7) is 0. The lowest BCUT2D eigenvalue weighted by Crippen LogP contribution is -1.90. The van der Waals surface area contributed by atoms with Crippen LogP contribution < -0.4 is 4.74 Å². The third-order valence-electron chi connectivity index (χ3n) is 1.86. The Kier molecular flexibility index (Phi) is 3.95. The van der Waals surface area contributed by atoms with Crippen molar-refractivity contribution < 1.29 is 14.6 Å². The summed E-state index contributed by atoms with van der Waals surface area (Å²) in [4.78, 5) is 10.2. The minimum atomic E-state index is 0.0855. The standard InChI is InChI=1S/C10H11BrO3/c1-14-9-6-7(3-2-4-12)5-8(11)10(9)13/h4-6,13H,2-3H2,1H3. The number of carbonyl (C=O) groups is 1. The molecule has 4 heteroatoms. The summed E-state index contributed by atoms with van der Waals surface area (Å²) in [5.41, 5.74) is 0.957. The predicted octanol–water partition coefficient (Wildman–Crippen LogP) is 2.29. The molecule has 0 aliphatic heterocycles. The molecule has 0 spiro atoms. The van der Waals surface area contributed by atoms with Crippen LogP contribution in [0.1, 0.15) is 12.0 Å². The Hall–Kier alpha value is -1.03. The highest BCUT2D eigenvalue weighted by molar-refractivity contribution is 9.10. The third kappa shape index (κ3) is 2.48. The fraction of sp³-hybridized carbons (Fsp3) is 0.300. The molecule has 3 nitrogen and oxygen atoms in total. The number of rotatable bonds is 4. The molecule has 0 radical (unpaired) electrons. The van der Waals surface area contributed by atoms with Gasteiger partial charge >= 0.3 is 0 Å². The Balaban J connectivity index is 2.97. The first-order chi connectivity index (χ1) is 6.69. The smallest absolute Gasteiger partial charge is 0.172 e. The molecule has 0 aromatic heterocycles. The molecule has 0 amide bonds. The van der Waals surface area contributed by atoms with Gasteiger partial charge < -0.3 is 14.6 Å². The van der Waals surface area contributed by atoms with Gasteiger partial charge in [-0.3, -0.25) is 0 Å². The quantitative estimate of drug-likeness (QED) is 0.844. The van der Waals surface area contributed by atoms with Crippen molar-refractivity contribution >= 4 is 22.2 Å². The van der Waals surface area contributed by atoms with E-state index in [0.717, 1.165) is 11.8 Å². The van der Waals surface area contributed by atoms with Crippen LogP contribution in [0.15, 0.2) is 16.6 Å². The molecule has 0 atom stereocenters. The van der Waals surface area contributed by atoms with Crippen molar-refractivity contribution in [2.75, 3.05) is 7.11 Å². The number of carbonyl (C=O) groups excluding carboxylic acids is 1. The second-order valence-corrected chi connectivity index (χ2v) is 3.69. The highest BCUT2D eigenvalue weighted by atomic mass is 79.9. The Morgan fingerprint density at radius 3 is 2.86 bits per heavy atom. The summed E-state index contributed by atoms with van der Waals surface area (Å²) in [6.07, 6.45) is 1.99. The van der Waals surface area contributed by atoms with E-state index >= 15 is 0 Å². The molecule has 0 bridgehead atoms. The van der Waals surface area contributed by atoms with Gasteiger partial charge in [0.25, 0.3) is 0 Å². The van der Waals surface area contributed by atoms with Crippen molar-refractivity contribution in [3.8, 4) is 11.5 Å². The lowest BCUT2D eigenvalue weighted by Gasteiger charge is -2.07. The number of benzene rings is 1. The lowest BCUT2D eigenvalue weighted by molar-refractivity contribution is -0.107. The summed E-state index contributed by atoms with van der Waals surface area (Å²) in [5.74, 6) is 0.502. The Labute approximate surface area is 90.8 Å². The van der Waals surface area contributed by atoms with E-state index in [9.17, 15) is 9.90 Å². The zero-order valence-electron chi connectivity index (χ0n) is 7.79. The van der Waals surface area contributed by atoms with E-state index in [4.69, 9.17) is 4.74 Å². The Bertz CT molecular complexity index is 336. The first kappa shape index (κ1) is 11.0. The highest BCUT2D eigenvalue weighted by Crippen LogP contribution is 2.35. The number of ether oxygens (including phenoxy) is 1. The molecule has 0 saturated heterocycles. The van der Waals surface area contributed by atoms with Crippen molar-refractivity contribution in [2.45, 2.75) is 12.8 Å². The minimum absolute atomic E-state index is 0.0855. The number of aryl methyl sites for hydroxylation is 1. The molecule has 0 heterocycles. The summed E-state index contributed by atoms with van der Waals surface area (Å²) in [7, 11) is 1.49. The fourth-order valence-corrected chi connectivity index (χ4v) is 1.64. The van der Waals surface area contributed by atoms with Crippen LogP contribution in [0, 0.1) is 0 Å². The van der Waals surface area contributed by atoms with Gasteiger partial charge in [0, 0.05) is 6.42 Å². The largest absolute Gasteiger partial charge is 0.503 e. The molecule has 14 heavy (non-hydrogen) atoms. The second kappa shape index (κ2) is 5.00. The van der Waals surface area contributed by atoms with Gasteiger partial charge in [0.05, 0.1) is 11.6 Å². The molecule has 76 valence electrons. The SMILES string of the molecule is COc1cc(CCC=O)cc(Br)c1O. The first-order valence-electron chi connectivity index (χ1n) is 4.18. The fourth-order valence-electron chi connectivity index (χ4n) is 1.15. The van der Waals surface area contributed by atoms with Crippen LogP contribution in [0.3, 0.4) is 0 Å². The normalized spacial score (nSPS) is 9.86. The molecular weight excluding hydrogens is 248 g/mol. The molecule has 1 rings (SSSR count).